The van der Waals surface area contributed by atoms with E-state index in [1.54, 1.807) is 22.6 Å². The molecule has 1 atom stereocenters. The summed E-state index contributed by atoms with van der Waals surface area (Å²) >= 11 is 0. The number of rotatable bonds is 3. The summed E-state index contributed by atoms with van der Waals surface area (Å²) < 4.78 is 19.0. The van der Waals surface area contributed by atoms with Crippen molar-refractivity contribution in [3.05, 3.63) is 52.4 Å². The summed E-state index contributed by atoms with van der Waals surface area (Å²) in [5.74, 6) is 1.80. The molecule has 0 bridgehead atoms. The van der Waals surface area contributed by atoms with Crippen LogP contribution in [0.5, 0.6) is 17.2 Å². The molecule has 7 nitrogen and oxygen atoms in total. The Hall–Kier alpha value is -2.96. The van der Waals surface area contributed by atoms with Gasteiger partial charge in [0.05, 0.1) is 0 Å². The highest BCUT2D eigenvalue weighted by Gasteiger charge is 2.33. The fourth-order valence-electron chi connectivity index (χ4n) is 3.54. The summed E-state index contributed by atoms with van der Waals surface area (Å²) in [4.78, 5) is 26.5. The van der Waals surface area contributed by atoms with Crippen LogP contribution in [-0.4, -0.2) is 47.3 Å². The van der Waals surface area contributed by atoms with Crippen LogP contribution in [0.2, 0.25) is 0 Å². The molecule has 0 radical (unpaired) electrons. The Morgan fingerprint density at radius 2 is 1.86 bits per heavy atom. The van der Waals surface area contributed by atoms with Gasteiger partial charge in [-0.15, -0.1) is 0 Å². The molecule has 148 valence electrons. The topological polar surface area (TPSA) is 70.0 Å². The summed E-state index contributed by atoms with van der Waals surface area (Å²) in [5.41, 5.74) is 0.766. The van der Waals surface area contributed by atoms with E-state index in [2.05, 4.69) is 0 Å². The van der Waals surface area contributed by atoms with E-state index >= 15 is 0 Å². The van der Waals surface area contributed by atoms with Crippen molar-refractivity contribution < 1.29 is 19.0 Å². The average molecular weight is 384 g/mol. The summed E-state index contributed by atoms with van der Waals surface area (Å²) in [6.45, 7) is 3.28. The molecule has 2 aromatic rings. The Morgan fingerprint density at radius 1 is 1.14 bits per heavy atom. The third kappa shape index (κ3) is 3.69. The van der Waals surface area contributed by atoms with Crippen molar-refractivity contribution in [1.29, 1.82) is 0 Å². The quantitative estimate of drug-likeness (QED) is 0.809. The number of likely N-dealkylation sites (tertiary alicyclic amines) is 1. The van der Waals surface area contributed by atoms with Gasteiger partial charge in [-0.25, -0.2) is 0 Å². The highest BCUT2D eigenvalue weighted by molar-refractivity contribution is 5.82. The average Bonchev–Trinajstić information content (AvgIpc) is 2.71. The van der Waals surface area contributed by atoms with Crippen molar-refractivity contribution in [1.82, 2.24) is 9.47 Å². The van der Waals surface area contributed by atoms with Crippen LogP contribution < -0.4 is 19.8 Å². The summed E-state index contributed by atoms with van der Waals surface area (Å²) in [6.07, 6.45) is 0.792. The lowest BCUT2D eigenvalue weighted by Gasteiger charge is -2.35. The number of pyridine rings is 1. The van der Waals surface area contributed by atoms with Crippen LogP contribution in [0.1, 0.15) is 18.5 Å². The van der Waals surface area contributed by atoms with Crippen molar-refractivity contribution in [3.8, 4) is 17.2 Å². The Kier molecular flexibility index (Phi) is 4.98. The molecule has 28 heavy (non-hydrogen) atoms. The first-order chi connectivity index (χ1) is 13.5. The molecule has 1 fully saturated rings. The second-order valence-corrected chi connectivity index (χ2v) is 7.24. The van der Waals surface area contributed by atoms with Gasteiger partial charge in [0.2, 0.25) is 6.10 Å². The van der Waals surface area contributed by atoms with E-state index in [1.807, 2.05) is 31.2 Å². The number of piperidine rings is 1. The van der Waals surface area contributed by atoms with Gasteiger partial charge in [0.15, 0.2) is 11.5 Å². The lowest BCUT2D eigenvalue weighted by molar-refractivity contribution is -0.143. The molecule has 2 aliphatic rings. The second kappa shape index (κ2) is 7.58. The van der Waals surface area contributed by atoms with Gasteiger partial charge in [0.1, 0.15) is 18.5 Å². The standard InChI is InChI=1S/C21H24N2O5/c1-14-11-16(12-20(24)22(14)2)27-15-7-9-23(10-8-15)21(25)19-13-26-17-5-3-4-6-18(17)28-19/h3-6,11-12,15,19H,7-10,13H2,1-2H3. The van der Waals surface area contributed by atoms with Crippen LogP contribution in [-0.2, 0) is 11.8 Å². The molecule has 1 aromatic carbocycles. The number of amides is 1. The molecular formula is C21H24N2O5. The lowest BCUT2D eigenvalue weighted by atomic mass is 10.1. The smallest absolute Gasteiger partial charge is 0.267 e. The summed E-state index contributed by atoms with van der Waals surface area (Å²) in [6, 6.07) is 10.7. The monoisotopic (exact) mass is 384 g/mol. The number of nitrogens with zero attached hydrogens (tertiary/aromatic N) is 2. The van der Waals surface area contributed by atoms with Crippen LogP contribution >= 0.6 is 0 Å². The highest BCUT2D eigenvalue weighted by Crippen LogP contribution is 2.31. The van der Waals surface area contributed by atoms with E-state index in [-0.39, 0.29) is 24.2 Å². The van der Waals surface area contributed by atoms with Crippen molar-refractivity contribution in [3.63, 3.8) is 0 Å². The SMILES string of the molecule is Cc1cc(OC2CCN(C(=O)C3COc4ccccc4O3)CC2)cc(=O)n1C. The van der Waals surface area contributed by atoms with Crippen LogP contribution in [0.3, 0.4) is 0 Å². The van der Waals surface area contributed by atoms with Crippen molar-refractivity contribution in [2.45, 2.75) is 32.0 Å². The molecule has 0 aliphatic carbocycles. The number of carbonyl (C=O) groups is 1. The van der Waals surface area contributed by atoms with E-state index in [1.165, 1.54) is 6.07 Å². The maximum Gasteiger partial charge on any atom is 0.267 e. The molecule has 4 rings (SSSR count). The molecule has 1 aromatic heterocycles. The predicted octanol–water partition coefficient (Wildman–Crippen LogP) is 1.90. The predicted molar refractivity (Wildman–Crippen MR) is 103 cm³/mol. The lowest BCUT2D eigenvalue weighted by Crippen LogP contribution is -2.50. The molecule has 1 amide bonds. The van der Waals surface area contributed by atoms with E-state index < -0.39 is 6.10 Å². The molecule has 1 saturated heterocycles. The third-order valence-corrected chi connectivity index (χ3v) is 5.32. The second-order valence-electron chi connectivity index (χ2n) is 7.24. The number of hydrogen-bond donors (Lipinski definition) is 0. The number of ether oxygens (including phenoxy) is 3. The minimum Gasteiger partial charge on any atom is -0.490 e. The number of benzene rings is 1. The van der Waals surface area contributed by atoms with Gasteiger partial charge in [-0.3, -0.25) is 9.59 Å². The molecule has 0 spiro atoms. The zero-order valence-corrected chi connectivity index (χ0v) is 16.1. The summed E-state index contributed by atoms with van der Waals surface area (Å²) in [7, 11) is 1.74. The Morgan fingerprint density at radius 3 is 2.57 bits per heavy atom. The Labute approximate surface area is 163 Å². The van der Waals surface area contributed by atoms with Crippen molar-refractivity contribution in [2.75, 3.05) is 19.7 Å². The maximum atomic E-state index is 12.8. The molecule has 0 saturated carbocycles. The summed E-state index contributed by atoms with van der Waals surface area (Å²) in [5, 5.41) is 0. The van der Waals surface area contributed by atoms with Gasteiger partial charge >= 0.3 is 0 Å². The molecule has 3 heterocycles. The van der Waals surface area contributed by atoms with Crippen LogP contribution in [0.15, 0.2) is 41.2 Å². The number of fused-ring (bicyclic) bond motifs is 1. The third-order valence-electron chi connectivity index (χ3n) is 5.32. The largest absolute Gasteiger partial charge is 0.490 e. The van der Waals surface area contributed by atoms with E-state index in [9.17, 15) is 9.59 Å². The van der Waals surface area contributed by atoms with Crippen molar-refractivity contribution in [2.24, 2.45) is 7.05 Å². The van der Waals surface area contributed by atoms with Crippen LogP contribution in [0.25, 0.3) is 0 Å². The van der Waals surface area contributed by atoms with Crippen molar-refractivity contribution >= 4 is 5.91 Å². The minimum absolute atomic E-state index is 0.0141. The highest BCUT2D eigenvalue weighted by atomic mass is 16.6. The Balaban J connectivity index is 1.33. The van der Waals surface area contributed by atoms with Gasteiger partial charge in [0.25, 0.3) is 11.5 Å². The van der Waals surface area contributed by atoms with E-state index in [0.29, 0.717) is 43.2 Å². The van der Waals surface area contributed by atoms with Gasteiger partial charge in [-0.1, -0.05) is 12.1 Å². The van der Waals surface area contributed by atoms with Gasteiger partial charge < -0.3 is 23.7 Å². The molecular weight excluding hydrogens is 360 g/mol. The van der Waals surface area contributed by atoms with Crippen LogP contribution in [0, 0.1) is 6.92 Å². The number of carbonyl (C=O) groups excluding carboxylic acids is 1. The van der Waals surface area contributed by atoms with Gasteiger partial charge in [0, 0.05) is 44.7 Å². The fraction of sp³-hybridized carbons (Fsp3) is 0.429. The molecule has 2 aliphatic heterocycles. The minimum atomic E-state index is -0.618. The zero-order valence-electron chi connectivity index (χ0n) is 16.1. The maximum absolute atomic E-state index is 12.8. The molecule has 1 unspecified atom stereocenters. The normalized spacial score (nSPS) is 19.4. The van der Waals surface area contributed by atoms with E-state index in [4.69, 9.17) is 14.2 Å². The van der Waals surface area contributed by atoms with Crippen LogP contribution in [0.4, 0.5) is 0 Å². The molecule has 0 N–H and O–H groups in total. The first-order valence-electron chi connectivity index (χ1n) is 9.53. The number of aromatic nitrogens is 1. The van der Waals surface area contributed by atoms with Gasteiger partial charge in [-0.2, -0.15) is 0 Å². The van der Waals surface area contributed by atoms with E-state index in [0.717, 1.165) is 5.69 Å². The number of aryl methyl sites for hydroxylation is 1. The first kappa shape index (κ1) is 18.4. The number of hydrogen-bond acceptors (Lipinski definition) is 5. The first-order valence-corrected chi connectivity index (χ1v) is 9.53. The number of para-hydroxylation sites is 2. The Bertz CT molecular complexity index is 931. The zero-order chi connectivity index (χ0) is 19.7. The molecule has 7 heteroatoms. The fourth-order valence-corrected chi connectivity index (χ4v) is 3.54. The van der Waals surface area contributed by atoms with Gasteiger partial charge in [-0.05, 0) is 25.1 Å².